The fourth-order valence-corrected chi connectivity index (χ4v) is 4.34. The standard InChI is InChI=1S/C20H21N5OS/c1-13-12-16-6-4-5-7-17(16)25(13)19(26)14(2)27-20-23-22-18(24(20)3)15-8-10-21-11-9-15/h4-11,13-14H,12H2,1-3H3. The predicted octanol–water partition coefficient (Wildman–Crippen LogP) is 3.34. The van der Waals surface area contributed by atoms with Crippen molar-refractivity contribution in [1.82, 2.24) is 19.7 Å². The summed E-state index contributed by atoms with van der Waals surface area (Å²) in [6.45, 7) is 4.03. The fraction of sp³-hybridized carbons (Fsp3) is 0.300. The normalized spacial score (nSPS) is 17.0. The van der Waals surface area contributed by atoms with Crippen molar-refractivity contribution in [2.45, 2.75) is 36.7 Å². The SMILES string of the molecule is CC(Sc1nnc(-c2ccncc2)n1C)C(=O)N1c2ccccc2CC1C. The molecular weight excluding hydrogens is 358 g/mol. The van der Waals surface area contributed by atoms with Crippen LogP contribution in [0.1, 0.15) is 19.4 Å². The molecule has 2 unspecified atom stereocenters. The molecule has 1 amide bonds. The predicted molar refractivity (Wildman–Crippen MR) is 107 cm³/mol. The number of hydrogen-bond donors (Lipinski definition) is 0. The van der Waals surface area contributed by atoms with Crippen molar-refractivity contribution in [1.29, 1.82) is 0 Å². The molecule has 0 N–H and O–H groups in total. The Labute approximate surface area is 162 Å². The summed E-state index contributed by atoms with van der Waals surface area (Å²) in [5.41, 5.74) is 3.21. The molecule has 0 bridgehead atoms. The van der Waals surface area contributed by atoms with E-state index in [4.69, 9.17) is 0 Å². The van der Waals surface area contributed by atoms with E-state index in [1.165, 1.54) is 17.3 Å². The Morgan fingerprint density at radius 3 is 2.70 bits per heavy atom. The van der Waals surface area contributed by atoms with Crippen molar-refractivity contribution in [2.24, 2.45) is 7.05 Å². The molecule has 0 radical (unpaired) electrons. The summed E-state index contributed by atoms with van der Waals surface area (Å²) in [7, 11) is 1.92. The molecule has 3 heterocycles. The quantitative estimate of drug-likeness (QED) is 0.651. The molecule has 138 valence electrons. The molecule has 0 fully saturated rings. The van der Waals surface area contributed by atoms with Crippen molar-refractivity contribution < 1.29 is 4.79 Å². The number of nitrogens with zero attached hydrogens (tertiary/aromatic N) is 5. The summed E-state index contributed by atoms with van der Waals surface area (Å²) in [5, 5.41) is 9.04. The number of aromatic nitrogens is 4. The third kappa shape index (κ3) is 3.23. The fourth-order valence-electron chi connectivity index (χ4n) is 3.48. The summed E-state index contributed by atoms with van der Waals surface area (Å²) in [5.74, 6) is 0.866. The third-order valence-electron chi connectivity index (χ3n) is 4.85. The van der Waals surface area contributed by atoms with Gasteiger partial charge in [0, 0.05) is 36.7 Å². The van der Waals surface area contributed by atoms with Gasteiger partial charge in [-0.15, -0.1) is 10.2 Å². The Morgan fingerprint density at radius 2 is 1.93 bits per heavy atom. The number of para-hydroxylation sites is 1. The average Bonchev–Trinajstić information content (AvgIpc) is 3.21. The summed E-state index contributed by atoms with van der Waals surface area (Å²) in [4.78, 5) is 19.1. The first-order chi connectivity index (χ1) is 13.1. The lowest BCUT2D eigenvalue weighted by Gasteiger charge is -2.25. The maximum absolute atomic E-state index is 13.2. The highest BCUT2D eigenvalue weighted by atomic mass is 32.2. The Kier molecular flexibility index (Phi) is 4.70. The minimum atomic E-state index is -0.258. The summed E-state index contributed by atoms with van der Waals surface area (Å²) in [6, 6.07) is 12.1. The monoisotopic (exact) mass is 379 g/mol. The number of amides is 1. The number of pyridine rings is 1. The first-order valence-corrected chi connectivity index (χ1v) is 9.81. The van der Waals surface area contributed by atoms with Crippen LogP contribution >= 0.6 is 11.8 Å². The Balaban J connectivity index is 1.54. The van der Waals surface area contributed by atoms with Gasteiger partial charge in [-0.3, -0.25) is 9.78 Å². The van der Waals surface area contributed by atoms with Crippen molar-refractivity contribution >= 4 is 23.4 Å². The second-order valence-corrected chi connectivity index (χ2v) is 8.06. The van der Waals surface area contributed by atoms with Crippen molar-refractivity contribution in [3.05, 3.63) is 54.4 Å². The van der Waals surface area contributed by atoms with Gasteiger partial charge in [0.25, 0.3) is 0 Å². The number of anilines is 1. The molecule has 2 atom stereocenters. The lowest BCUT2D eigenvalue weighted by atomic mass is 10.1. The van der Waals surface area contributed by atoms with Gasteiger partial charge in [0.1, 0.15) is 0 Å². The van der Waals surface area contributed by atoms with Gasteiger partial charge in [0.2, 0.25) is 5.91 Å². The van der Waals surface area contributed by atoms with Gasteiger partial charge in [-0.2, -0.15) is 0 Å². The average molecular weight is 379 g/mol. The second-order valence-electron chi connectivity index (χ2n) is 6.75. The number of fused-ring (bicyclic) bond motifs is 1. The highest BCUT2D eigenvalue weighted by Crippen LogP contribution is 2.34. The lowest BCUT2D eigenvalue weighted by molar-refractivity contribution is -0.118. The van der Waals surface area contributed by atoms with Gasteiger partial charge in [0.05, 0.1) is 5.25 Å². The van der Waals surface area contributed by atoms with Crippen LogP contribution in [0.25, 0.3) is 11.4 Å². The Morgan fingerprint density at radius 1 is 1.19 bits per heavy atom. The van der Waals surface area contributed by atoms with Gasteiger partial charge in [-0.05, 0) is 44.0 Å². The number of carbonyl (C=O) groups is 1. The molecule has 0 saturated carbocycles. The van der Waals surface area contributed by atoms with Crippen LogP contribution < -0.4 is 4.90 Å². The van der Waals surface area contributed by atoms with E-state index in [0.29, 0.717) is 0 Å². The number of thioether (sulfide) groups is 1. The summed E-state index contributed by atoms with van der Waals surface area (Å²) < 4.78 is 1.92. The zero-order valence-electron chi connectivity index (χ0n) is 15.5. The summed E-state index contributed by atoms with van der Waals surface area (Å²) in [6.07, 6.45) is 4.36. The van der Waals surface area contributed by atoms with Crippen LogP contribution in [0.2, 0.25) is 0 Å². The summed E-state index contributed by atoms with van der Waals surface area (Å²) >= 11 is 1.44. The molecule has 4 rings (SSSR count). The molecule has 0 saturated heterocycles. The molecule has 0 spiro atoms. The zero-order chi connectivity index (χ0) is 19.0. The Bertz CT molecular complexity index is 972. The third-order valence-corrected chi connectivity index (χ3v) is 5.97. The second kappa shape index (κ2) is 7.15. The van der Waals surface area contributed by atoms with Gasteiger partial charge in [0.15, 0.2) is 11.0 Å². The molecule has 6 nitrogen and oxygen atoms in total. The highest BCUT2D eigenvalue weighted by molar-refractivity contribution is 8.00. The Hall–Kier alpha value is -2.67. The van der Waals surface area contributed by atoms with Crippen molar-refractivity contribution in [3.8, 4) is 11.4 Å². The van der Waals surface area contributed by atoms with Crippen LogP contribution in [0, 0.1) is 0 Å². The van der Waals surface area contributed by atoms with Gasteiger partial charge < -0.3 is 9.47 Å². The maximum atomic E-state index is 13.2. The van der Waals surface area contributed by atoms with Crippen molar-refractivity contribution in [2.75, 3.05) is 4.90 Å². The minimum absolute atomic E-state index is 0.103. The van der Waals surface area contributed by atoms with Crippen LogP contribution in [-0.2, 0) is 18.3 Å². The molecule has 1 aliphatic rings. The largest absolute Gasteiger partial charge is 0.308 e. The topological polar surface area (TPSA) is 63.9 Å². The van der Waals surface area contributed by atoms with E-state index in [9.17, 15) is 4.79 Å². The maximum Gasteiger partial charge on any atom is 0.240 e. The van der Waals surface area contributed by atoms with E-state index in [0.717, 1.165) is 28.7 Å². The smallest absolute Gasteiger partial charge is 0.240 e. The molecule has 27 heavy (non-hydrogen) atoms. The van der Waals surface area contributed by atoms with E-state index >= 15 is 0 Å². The first kappa shape index (κ1) is 17.7. The van der Waals surface area contributed by atoms with Crippen molar-refractivity contribution in [3.63, 3.8) is 0 Å². The number of hydrogen-bond acceptors (Lipinski definition) is 5. The van der Waals surface area contributed by atoms with Gasteiger partial charge >= 0.3 is 0 Å². The molecule has 1 aliphatic heterocycles. The van der Waals surface area contributed by atoms with E-state index < -0.39 is 0 Å². The van der Waals surface area contributed by atoms with Crippen LogP contribution in [0.5, 0.6) is 0 Å². The molecule has 3 aromatic rings. The molecular formula is C20H21N5OS. The molecule has 2 aromatic heterocycles. The molecule has 7 heteroatoms. The van der Waals surface area contributed by atoms with E-state index in [1.807, 2.05) is 53.8 Å². The van der Waals surface area contributed by atoms with Gasteiger partial charge in [-0.25, -0.2) is 0 Å². The molecule has 0 aliphatic carbocycles. The van der Waals surface area contributed by atoms with E-state index in [2.05, 4.69) is 28.2 Å². The van der Waals surface area contributed by atoms with Gasteiger partial charge in [-0.1, -0.05) is 30.0 Å². The number of benzene rings is 1. The lowest BCUT2D eigenvalue weighted by Crippen LogP contribution is -2.40. The van der Waals surface area contributed by atoms with E-state index in [-0.39, 0.29) is 17.2 Å². The van der Waals surface area contributed by atoms with Crippen LogP contribution in [0.4, 0.5) is 5.69 Å². The minimum Gasteiger partial charge on any atom is -0.308 e. The van der Waals surface area contributed by atoms with Crippen LogP contribution in [0.3, 0.4) is 0 Å². The highest BCUT2D eigenvalue weighted by Gasteiger charge is 2.34. The van der Waals surface area contributed by atoms with E-state index in [1.54, 1.807) is 12.4 Å². The zero-order valence-corrected chi connectivity index (χ0v) is 16.3. The number of carbonyl (C=O) groups excluding carboxylic acids is 1. The molecule has 1 aromatic carbocycles. The van der Waals surface area contributed by atoms with Crippen LogP contribution in [0.15, 0.2) is 53.9 Å². The number of rotatable bonds is 4. The van der Waals surface area contributed by atoms with Crippen LogP contribution in [-0.4, -0.2) is 36.9 Å². The first-order valence-electron chi connectivity index (χ1n) is 8.93.